The molecule has 0 spiro atoms. The molecular weight excluding hydrogens is 419 g/mol. The lowest BCUT2D eigenvalue weighted by molar-refractivity contribution is -0.126. The van der Waals surface area contributed by atoms with E-state index in [2.05, 4.69) is 15.0 Å². The molecule has 7 heteroatoms. The summed E-state index contributed by atoms with van der Waals surface area (Å²) in [5.74, 6) is 1.24. The van der Waals surface area contributed by atoms with Crippen LogP contribution in [0.1, 0.15) is 41.6 Å². The first-order valence-electron chi connectivity index (χ1n) is 11.2. The van der Waals surface area contributed by atoms with E-state index in [1.165, 1.54) is 6.07 Å². The van der Waals surface area contributed by atoms with Crippen LogP contribution in [0.15, 0.2) is 60.2 Å². The van der Waals surface area contributed by atoms with Gasteiger partial charge in [-0.1, -0.05) is 17.3 Å². The van der Waals surface area contributed by atoms with Crippen LogP contribution in [0.3, 0.4) is 0 Å². The van der Waals surface area contributed by atoms with Crippen LogP contribution in [0, 0.1) is 19.7 Å². The third-order valence-electron chi connectivity index (χ3n) is 6.26. The molecule has 33 heavy (non-hydrogen) atoms. The molecule has 0 amide bonds. The molecule has 0 saturated carbocycles. The van der Waals surface area contributed by atoms with Crippen molar-refractivity contribution in [2.75, 3.05) is 13.7 Å². The van der Waals surface area contributed by atoms with Crippen LogP contribution < -0.4 is 4.74 Å². The summed E-state index contributed by atoms with van der Waals surface area (Å²) in [6.07, 6.45) is 10.5. The van der Waals surface area contributed by atoms with Gasteiger partial charge in [-0.2, -0.15) is 0 Å². The Bertz CT molecular complexity index is 1230. The summed E-state index contributed by atoms with van der Waals surface area (Å²) in [6.45, 7) is 4.66. The predicted molar refractivity (Wildman–Crippen MR) is 126 cm³/mol. The van der Waals surface area contributed by atoms with Crippen LogP contribution in [0.25, 0.3) is 11.8 Å². The number of fused-ring (bicyclic) bond motifs is 1. The van der Waals surface area contributed by atoms with Crippen molar-refractivity contribution in [2.24, 2.45) is 5.16 Å². The van der Waals surface area contributed by atoms with Gasteiger partial charge in [0.2, 0.25) is 5.72 Å². The maximum Gasteiger partial charge on any atom is 0.237 e. The maximum atomic E-state index is 14.2. The Kier molecular flexibility index (Phi) is 5.40. The molecule has 1 aromatic heterocycles. The number of rotatable bonds is 5. The molecule has 1 saturated heterocycles. The fourth-order valence-corrected chi connectivity index (χ4v) is 4.69. The highest BCUT2D eigenvalue weighted by Crippen LogP contribution is 2.43. The minimum absolute atomic E-state index is 0.252. The van der Waals surface area contributed by atoms with Crippen molar-refractivity contribution >= 4 is 11.9 Å². The van der Waals surface area contributed by atoms with Gasteiger partial charge >= 0.3 is 0 Å². The number of imidazole rings is 1. The van der Waals surface area contributed by atoms with Gasteiger partial charge in [0.05, 0.1) is 24.8 Å². The van der Waals surface area contributed by atoms with Gasteiger partial charge in [0.25, 0.3) is 0 Å². The van der Waals surface area contributed by atoms with Gasteiger partial charge < -0.3 is 19.0 Å². The van der Waals surface area contributed by atoms with E-state index >= 15 is 0 Å². The van der Waals surface area contributed by atoms with Crippen molar-refractivity contribution < 1.29 is 14.0 Å². The molecule has 2 aliphatic rings. The molecule has 3 aromatic rings. The van der Waals surface area contributed by atoms with Crippen LogP contribution in [0.5, 0.6) is 5.75 Å². The Labute approximate surface area is 192 Å². The van der Waals surface area contributed by atoms with Crippen molar-refractivity contribution in [1.29, 1.82) is 0 Å². The van der Waals surface area contributed by atoms with Crippen molar-refractivity contribution in [1.82, 2.24) is 14.5 Å². The number of benzene rings is 2. The average Bonchev–Trinajstić information content (AvgIpc) is 3.41. The molecule has 0 bridgehead atoms. The number of aromatic nitrogens is 2. The Morgan fingerprint density at radius 2 is 2.00 bits per heavy atom. The fourth-order valence-electron chi connectivity index (χ4n) is 4.69. The number of hydrogen-bond acceptors (Lipinski definition) is 5. The molecule has 2 aromatic carbocycles. The van der Waals surface area contributed by atoms with Gasteiger partial charge in [0.1, 0.15) is 11.6 Å². The Hall–Kier alpha value is -3.61. The summed E-state index contributed by atoms with van der Waals surface area (Å²) >= 11 is 0. The van der Waals surface area contributed by atoms with Crippen LogP contribution in [0.2, 0.25) is 0 Å². The van der Waals surface area contributed by atoms with Crippen molar-refractivity contribution in [3.8, 4) is 11.4 Å². The molecular formula is C26H27FN4O2. The standard InChI is InChI=1S/C26H27FN4O2/c1-18-12-21(15-22(27)13-18)26-10-4-5-11-31(26)25(29-33-26)9-7-20-6-8-23(24(14-20)32-3)30-16-19(2)28-17-30/h6-9,12-17H,4-5,10-11H2,1-3H3/b9-7+. The number of oxime groups is 1. The lowest BCUT2D eigenvalue weighted by Crippen LogP contribution is -2.49. The van der Waals surface area contributed by atoms with E-state index < -0.39 is 5.72 Å². The monoisotopic (exact) mass is 446 g/mol. The second kappa shape index (κ2) is 8.39. The van der Waals surface area contributed by atoms with E-state index in [9.17, 15) is 4.39 Å². The highest BCUT2D eigenvalue weighted by atomic mass is 19.1. The Balaban J connectivity index is 1.42. The largest absolute Gasteiger partial charge is 0.495 e. The Morgan fingerprint density at radius 1 is 1.12 bits per heavy atom. The summed E-state index contributed by atoms with van der Waals surface area (Å²) in [5, 5.41) is 4.40. The zero-order chi connectivity index (χ0) is 23.0. The molecule has 0 aliphatic carbocycles. The van der Waals surface area contributed by atoms with E-state index in [4.69, 9.17) is 9.57 Å². The van der Waals surface area contributed by atoms with Crippen LogP contribution in [-0.2, 0) is 10.6 Å². The molecule has 6 nitrogen and oxygen atoms in total. The average molecular weight is 447 g/mol. The maximum absolute atomic E-state index is 14.2. The minimum atomic E-state index is -0.744. The lowest BCUT2D eigenvalue weighted by Gasteiger charge is -2.41. The number of piperidine rings is 1. The second-order valence-corrected chi connectivity index (χ2v) is 8.64. The number of ether oxygens (including phenoxy) is 1. The summed E-state index contributed by atoms with van der Waals surface area (Å²) < 4.78 is 21.8. The quantitative estimate of drug-likeness (QED) is 0.531. The first-order chi connectivity index (χ1) is 16.0. The second-order valence-electron chi connectivity index (χ2n) is 8.64. The minimum Gasteiger partial charge on any atom is -0.495 e. The summed E-state index contributed by atoms with van der Waals surface area (Å²) in [4.78, 5) is 12.5. The topological polar surface area (TPSA) is 51.9 Å². The lowest BCUT2D eigenvalue weighted by atomic mass is 9.90. The summed E-state index contributed by atoms with van der Waals surface area (Å²) in [6, 6.07) is 11.1. The number of methoxy groups -OCH3 is 1. The van der Waals surface area contributed by atoms with E-state index in [1.807, 2.05) is 61.0 Å². The number of amidine groups is 1. The molecule has 5 rings (SSSR count). The molecule has 170 valence electrons. The highest BCUT2D eigenvalue weighted by Gasteiger charge is 2.48. The SMILES string of the molecule is COc1cc(/C=C/C2=NOC3(c4cc(C)cc(F)c4)CCCCN23)ccc1-n1cnc(C)c1. The predicted octanol–water partition coefficient (Wildman–Crippen LogP) is 5.33. The number of halogens is 1. The number of hydrogen-bond donors (Lipinski definition) is 0. The van der Waals surface area contributed by atoms with Crippen molar-refractivity contribution in [3.05, 3.63) is 83.2 Å². The van der Waals surface area contributed by atoms with Crippen LogP contribution in [-0.4, -0.2) is 33.9 Å². The molecule has 3 heterocycles. The van der Waals surface area contributed by atoms with Crippen molar-refractivity contribution in [3.63, 3.8) is 0 Å². The highest BCUT2D eigenvalue weighted by molar-refractivity contribution is 5.97. The first kappa shape index (κ1) is 21.2. The van der Waals surface area contributed by atoms with Gasteiger partial charge in [0, 0.05) is 24.7 Å². The van der Waals surface area contributed by atoms with Crippen LogP contribution in [0.4, 0.5) is 4.39 Å². The third kappa shape index (κ3) is 3.88. The van der Waals surface area contributed by atoms with Gasteiger partial charge in [-0.15, -0.1) is 0 Å². The van der Waals surface area contributed by atoms with E-state index in [-0.39, 0.29) is 5.82 Å². The molecule has 1 atom stereocenters. The molecule has 0 N–H and O–H groups in total. The zero-order valence-corrected chi connectivity index (χ0v) is 19.1. The van der Waals surface area contributed by atoms with Gasteiger partial charge in [-0.05, 0) is 74.2 Å². The smallest absolute Gasteiger partial charge is 0.237 e. The number of nitrogens with zero attached hydrogens (tertiary/aromatic N) is 4. The first-order valence-corrected chi connectivity index (χ1v) is 11.2. The van der Waals surface area contributed by atoms with Crippen LogP contribution >= 0.6 is 0 Å². The van der Waals surface area contributed by atoms with Gasteiger partial charge in [-0.25, -0.2) is 9.37 Å². The molecule has 1 unspecified atom stereocenters. The van der Waals surface area contributed by atoms with E-state index in [0.29, 0.717) is 0 Å². The van der Waals surface area contributed by atoms with E-state index in [1.54, 1.807) is 19.5 Å². The molecule has 1 fully saturated rings. The third-order valence-corrected chi connectivity index (χ3v) is 6.26. The fraction of sp³-hybridized carbons (Fsp3) is 0.308. The molecule has 2 aliphatic heterocycles. The Morgan fingerprint density at radius 3 is 2.76 bits per heavy atom. The van der Waals surface area contributed by atoms with E-state index in [0.717, 1.165) is 65.5 Å². The summed E-state index contributed by atoms with van der Waals surface area (Å²) in [5.41, 5.74) is 3.79. The number of aryl methyl sites for hydroxylation is 2. The van der Waals surface area contributed by atoms with Gasteiger partial charge in [0.15, 0.2) is 5.84 Å². The van der Waals surface area contributed by atoms with Gasteiger partial charge in [-0.3, -0.25) is 0 Å². The molecule has 0 radical (unpaired) electrons. The summed E-state index contributed by atoms with van der Waals surface area (Å²) in [7, 11) is 1.66. The zero-order valence-electron chi connectivity index (χ0n) is 19.1. The normalized spacial score (nSPS) is 20.0. The van der Waals surface area contributed by atoms with Crippen molar-refractivity contribution in [2.45, 2.75) is 38.8 Å².